The molecule has 17 heavy (non-hydrogen) atoms. The fourth-order valence-electron chi connectivity index (χ4n) is 2.11. The van der Waals surface area contributed by atoms with Crippen molar-refractivity contribution in [2.75, 3.05) is 11.9 Å². The molecule has 0 fully saturated rings. The largest absolute Gasteiger partial charge is 0.362 e. The van der Waals surface area contributed by atoms with Gasteiger partial charge in [0.05, 0.1) is 5.69 Å². The minimum absolute atomic E-state index is 0.998. The molecule has 2 aromatic rings. The fourth-order valence-corrected chi connectivity index (χ4v) is 3.63. The predicted octanol–water partition coefficient (Wildman–Crippen LogP) is 4.30. The minimum Gasteiger partial charge on any atom is -0.362 e. The Labute approximate surface area is 113 Å². The lowest BCUT2D eigenvalue weighted by Crippen LogP contribution is -1.98. The summed E-state index contributed by atoms with van der Waals surface area (Å²) in [7, 11) is 0. The SMILES string of the molecule is CCCNc1nc2c(s1)Cc1c(Br)cccc1-2. The highest BCUT2D eigenvalue weighted by atomic mass is 79.9. The van der Waals surface area contributed by atoms with E-state index in [1.54, 1.807) is 11.3 Å². The highest BCUT2D eigenvalue weighted by Gasteiger charge is 2.24. The molecule has 1 N–H and O–H groups in total. The number of nitrogens with one attached hydrogen (secondary N) is 1. The van der Waals surface area contributed by atoms with Gasteiger partial charge in [-0.25, -0.2) is 4.98 Å². The average molecular weight is 309 g/mol. The molecular formula is C13H13BrN2S. The molecule has 0 amide bonds. The Morgan fingerprint density at radius 1 is 1.47 bits per heavy atom. The van der Waals surface area contributed by atoms with E-state index in [1.807, 2.05) is 0 Å². The van der Waals surface area contributed by atoms with Crippen LogP contribution >= 0.6 is 27.3 Å². The monoisotopic (exact) mass is 308 g/mol. The molecule has 2 nitrogen and oxygen atoms in total. The van der Waals surface area contributed by atoms with E-state index in [0.29, 0.717) is 0 Å². The third-order valence-corrected chi connectivity index (χ3v) is 4.69. The number of rotatable bonds is 3. The standard InChI is InChI=1S/C13H13BrN2S/c1-2-6-15-13-16-12-8-4-3-5-10(14)9(8)7-11(12)17-13/h3-5H,2,6-7H2,1H3,(H,15,16). The molecule has 0 radical (unpaired) electrons. The first kappa shape index (κ1) is 11.2. The summed E-state index contributed by atoms with van der Waals surface area (Å²) in [6.45, 7) is 3.17. The van der Waals surface area contributed by atoms with Gasteiger partial charge >= 0.3 is 0 Å². The number of hydrogen-bond acceptors (Lipinski definition) is 3. The summed E-state index contributed by atoms with van der Waals surface area (Å²) >= 11 is 5.40. The molecule has 0 saturated heterocycles. The van der Waals surface area contributed by atoms with Crippen LogP contribution < -0.4 is 5.32 Å². The molecule has 0 unspecified atom stereocenters. The summed E-state index contributed by atoms with van der Waals surface area (Å²) < 4.78 is 1.20. The van der Waals surface area contributed by atoms with Gasteiger partial charge in [-0.3, -0.25) is 0 Å². The number of anilines is 1. The summed E-state index contributed by atoms with van der Waals surface area (Å²) in [6, 6.07) is 6.34. The molecule has 0 saturated carbocycles. The van der Waals surface area contributed by atoms with E-state index in [-0.39, 0.29) is 0 Å². The second kappa shape index (κ2) is 4.42. The first-order valence-electron chi connectivity index (χ1n) is 5.81. The fraction of sp³-hybridized carbons (Fsp3) is 0.308. The summed E-state index contributed by atoms with van der Waals surface area (Å²) in [6.07, 6.45) is 2.14. The quantitative estimate of drug-likeness (QED) is 0.780. The molecular weight excluding hydrogens is 296 g/mol. The molecule has 1 heterocycles. The lowest BCUT2D eigenvalue weighted by Gasteiger charge is -2.02. The number of aromatic nitrogens is 1. The number of halogens is 1. The summed E-state index contributed by atoms with van der Waals surface area (Å²) in [5.74, 6) is 0. The van der Waals surface area contributed by atoms with Gasteiger partial charge in [0.15, 0.2) is 5.13 Å². The maximum Gasteiger partial charge on any atom is 0.183 e. The van der Waals surface area contributed by atoms with Crippen molar-refractivity contribution in [3.05, 3.63) is 33.1 Å². The van der Waals surface area contributed by atoms with Gasteiger partial charge in [0.25, 0.3) is 0 Å². The van der Waals surface area contributed by atoms with Gasteiger partial charge in [-0.2, -0.15) is 0 Å². The second-order valence-corrected chi connectivity index (χ2v) is 6.10. The maximum atomic E-state index is 4.70. The molecule has 3 rings (SSSR count). The predicted molar refractivity (Wildman–Crippen MR) is 76.8 cm³/mol. The van der Waals surface area contributed by atoms with Crippen molar-refractivity contribution in [2.45, 2.75) is 19.8 Å². The van der Waals surface area contributed by atoms with Crippen LogP contribution in [0.2, 0.25) is 0 Å². The molecule has 4 heteroatoms. The normalized spacial score (nSPS) is 12.4. The van der Waals surface area contributed by atoms with E-state index in [9.17, 15) is 0 Å². The van der Waals surface area contributed by atoms with Crippen LogP contribution in [0.5, 0.6) is 0 Å². The first-order chi connectivity index (χ1) is 8.29. The van der Waals surface area contributed by atoms with Crippen LogP contribution in [0.3, 0.4) is 0 Å². The Bertz CT molecular complexity index is 563. The van der Waals surface area contributed by atoms with Gasteiger partial charge in [-0.1, -0.05) is 35.0 Å². The molecule has 0 spiro atoms. The van der Waals surface area contributed by atoms with Crippen molar-refractivity contribution in [3.8, 4) is 11.3 Å². The Morgan fingerprint density at radius 2 is 2.35 bits per heavy atom. The average Bonchev–Trinajstić information content (AvgIpc) is 2.85. The number of thiazole rings is 1. The van der Waals surface area contributed by atoms with E-state index in [4.69, 9.17) is 4.98 Å². The van der Waals surface area contributed by atoms with Crippen molar-refractivity contribution in [2.24, 2.45) is 0 Å². The lowest BCUT2D eigenvalue weighted by molar-refractivity contribution is 0.976. The smallest absolute Gasteiger partial charge is 0.183 e. The van der Waals surface area contributed by atoms with Gasteiger partial charge in [-0.05, 0) is 18.1 Å². The Balaban J connectivity index is 1.98. The van der Waals surface area contributed by atoms with Crippen LogP contribution in [0, 0.1) is 0 Å². The molecule has 1 aliphatic carbocycles. The van der Waals surface area contributed by atoms with Crippen LogP contribution in [0.4, 0.5) is 5.13 Å². The Morgan fingerprint density at radius 3 is 3.18 bits per heavy atom. The highest BCUT2D eigenvalue weighted by Crippen LogP contribution is 2.43. The van der Waals surface area contributed by atoms with Gasteiger partial charge < -0.3 is 5.32 Å². The zero-order valence-corrected chi connectivity index (χ0v) is 12.0. The Hall–Kier alpha value is -0.870. The number of fused-ring (bicyclic) bond motifs is 3. The van der Waals surface area contributed by atoms with Crippen molar-refractivity contribution >= 4 is 32.4 Å². The van der Waals surface area contributed by atoms with Crippen LogP contribution in [-0.4, -0.2) is 11.5 Å². The van der Waals surface area contributed by atoms with Crippen molar-refractivity contribution in [1.82, 2.24) is 4.98 Å². The van der Waals surface area contributed by atoms with E-state index in [2.05, 4.69) is 46.4 Å². The zero-order valence-electron chi connectivity index (χ0n) is 9.59. The first-order valence-corrected chi connectivity index (χ1v) is 7.42. The molecule has 88 valence electrons. The third kappa shape index (κ3) is 1.89. The summed E-state index contributed by atoms with van der Waals surface area (Å²) in [5.41, 5.74) is 3.84. The van der Waals surface area contributed by atoms with Crippen molar-refractivity contribution in [1.29, 1.82) is 0 Å². The van der Waals surface area contributed by atoms with Gasteiger partial charge in [0, 0.05) is 27.9 Å². The number of hydrogen-bond donors (Lipinski definition) is 1. The minimum atomic E-state index is 0.998. The van der Waals surface area contributed by atoms with Crippen LogP contribution in [0.1, 0.15) is 23.8 Å². The maximum absolute atomic E-state index is 4.70. The molecule has 0 atom stereocenters. The van der Waals surface area contributed by atoms with E-state index in [0.717, 1.165) is 24.5 Å². The summed E-state index contributed by atoms with van der Waals surface area (Å²) in [5, 5.41) is 4.42. The molecule has 1 aliphatic rings. The second-order valence-electron chi connectivity index (χ2n) is 4.16. The highest BCUT2D eigenvalue weighted by molar-refractivity contribution is 9.10. The van der Waals surface area contributed by atoms with E-state index >= 15 is 0 Å². The van der Waals surface area contributed by atoms with Crippen LogP contribution in [0.15, 0.2) is 22.7 Å². The van der Waals surface area contributed by atoms with Gasteiger partial charge in [-0.15, -0.1) is 11.3 Å². The van der Waals surface area contributed by atoms with Crippen molar-refractivity contribution in [3.63, 3.8) is 0 Å². The number of nitrogens with zero attached hydrogens (tertiary/aromatic N) is 1. The molecule has 1 aromatic heterocycles. The van der Waals surface area contributed by atoms with Crippen LogP contribution in [-0.2, 0) is 6.42 Å². The topological polar surface area (TPSA) is 24.9 Å². The van der Waals surface area contributed by atoms with Crippen molar-refractivity contribution < 1.29 is 0 Å². The van der Waals surface area contributed by atoms with E-state index < -0.39 is 0 Å². The zero-order chi connectivity index (χ0) is 11.8. The molecule has 1 aromatic carbocycles. The van der Waals surface area contributed by atoms with Gasteiger partial charge in [0.1, 0.15) is 0 Å². The molecule has 0 bridgehead atoms. The van der Waals surface area contributed by atoms with Gasteiger partial charge in [0.2, 0.25) is 0 Å². The third-order valence-electron chi connectivity index (χ3n) is 2.93. The summed E-state index contributed by atoms with van der Waals surface area (Å²) in [4.78, 5) is 6.08. The molecule has 0 aliphatic heterocycles. The Kier molecular flexibility index (Phi) is 2.92. The number of benzene rings is 1. The lowest BCUT2D eigenvalue weighted by atomic mass is 10.1. The van der Waals surface area contributed by atoms with E-state index in [1.165, 1.54) is 26.2 Å². The van der Waals surface area contributed by atoms with Crippen LogP contribution in [0.25, 0.3) is 11.3 Å².